The molecule has 0 saturated carbocycles. The number of ether oxygens (including phenoxy) is 1. The summed E-state index contributed by atoms with van der Waals surface area (Å²) in [6.45, 7) is 5.29. The number of aryl methyl sites for hydroxylation is 1. The molecule has 1 aromatic rings. The highest BCUT2D eigenvalue weighted by atomic mass is 16.5. The summed E-state index contributed by atoms with van der Waals surface area (Å²) in [5.41, 5.74) is 0. The Labute approximate surface area is 115 Å². The second-order valence-corrected chi connectivity index (χ2v) is 4.46. The van der Waals surface area contributed by atoms with Crippen LogP contribution in [0.3, 0.4) is 0 Å². The Morgan fingerprint density at radius 1 is 1.32 bits per heavy atom. The van der Waals surface area contributed by atoms with Gasteiger partial charge < -0.3 is 20.3 Å². The number of anilines is 2. The van der Waals surface area contributed by atoms with Gasteiger partial charge in [0.15, 0.2) is 0 Å². The van der Waals surface area contributed by atoms with E-state index < -0.39 is 0 Å². The predicted octanol–water partition coefficient (Wildman–Crippen LogP) is 0.889. The van der Waals surface area contributed by atoms with E-state index >= 15 is 0 Å². The van der Waals surface area contributed by atoms with Crippen LogP contribution in [0.1, 0.15) is 12.2 Å². The Morgan fingerprint density at radius 3 is 2.79 bits per heavy atom. The van der Waals surface area contributed by atoms with Crippen LogP contribution in [-0.2, 0) is 4.74 Å². The fourth-order valence-electron chi connectivity index (χ4n) is 1.73. The van der Waals surface area contributed by atoms with E-state index in [-0.39, 0.29) is 0 Å². The van der Waals surface area contributed by atoms with Gasteiger partial charge in [0.25, 0.3) is 0 Å². The van der Waals surface area contributed by atoms with Gasteiger partial charge in [-0.25, -0.2) is 9.97 Å². The number of nitrogens with one attached hydrogen (secondary N) is 2. The topological polar surface area (TPSA) is 62.3 Å². The minimum absolute atomic E-state index is 0.663. The number of aromatic nitrogens is 2. The van der Waals surface area contributed by atoms with Gasteiger partial charge in [0.2, 0.25) is 0 Å². The van der Waals surface area contributed by atoms with E-state index in [1.165, 1.54) is 0 Å². The summed E-state index contributed by atoms with van der Waals surface area (Å²) in [6, 6.07) is 1.97. The van der Waals surface area contributed by atoms with Crippen molar-refractivity contribution in [3.05, 3.63) is 11.9 Å². The molecule has 0 amide bonds. The first-order chi connectivity index (χ1) is 9.17. The molecule has 108 valence electrons. The van der Waals surface area contributed by atoms with Gasteiger partial charge >= 0.3 is 0 Å². The first-order valence-corrected chi connectivity index (χ1v) is 6.61. The fourth-order valence-corrected chi connectivity index (χ4v) is 1.73. The van der Waals surface area contributed by atoms with Gasteiger partial charge in [-0.15, -0.1) is 0 Å². The zero-order valence-electron chi connectivity index (χ0n) is 12.4. The normalized spacial score (nSPS) is 10.5. The molecule has 0 saturated heterocycles. The van der Waals surface area contributed by atoms with Gasteiger partial charge in [-0.05, 0) is 26.9 Å². The van der Waals surface area contributed by atoms with E-state index in [0.29, 0.717) is 6.61 Å². The molecule has 0 aliphatic rings. The molecule has 0 atom stereocenters. The zero-order chi connectivity index (χ0) is 14.1. The van der Waals surface area contributed by atoms with Crippen molar-refractivity contribution in [1.82, 2.24) is 15.3 Å². The first-order valence-electron chi connectivity index (χ1n) is 6.61. The lowest BCUT2D eigenvalue weighted by atomic mass is 10.3. The van der Waals surface area contributed by atoms with Crippen LogP contribution < -0.4 is 15.5 Å². The Hall–Kier alpha value is -1.40. The highest BCUT2D eigenvalue weighted by Gasteiger charge is 2.06. The molecule has 1 rings (SSSR count). The molecule has 1 heterocycles. The number of rotatable bonds is 9. The van der Waals surface area contributed by atoms with Crippen molar-refractivity contribution in [3.63, 3.8) is 0 Å². The molecule has 1 aromatic heterocycles. The van der Waals surface area contributed by atoms with Gasteiger partial charge in [-0.3, -0.25) is 0 Å². The highest BCUT2D eigenvalue weighted by Crippen LogP contribution is 2.14. The first kappa shape index (κ1) is 15.7. The summed E-state index contributed by atoms with van der Waals surface area (Å²) >= 11 is 0. The highest BCUT2D eigenvalue weighted by molar-refractivity contribution is 5.48. The van der Waals surface area contributed by atoms with Gasteiger partial charge in [0.1, 0.15) is 17.5 Å². The predicted molar refractivity (Wildman–Crippen MR) is 78.9 cm³/mol. The Kier molecular flexibility index (Phi) is 7.14. The maximum atomic E-state index is 5.01. The largest absolute Gasteiger partial charge is 0.383 e. The smallest absolute Gasteiger partial charge is 0.134 e. The molecule has 6 nitrogen and oxygen atoms in total. The van der Waals surface area contributed by atoms with Gasteiger partial charge in [-0.1, -0.05) is 0 Å². The second kappa shape index (κ2) is 8.66. The quantitative estimate of drug-likeness (QED) is 0.648. The van der Waals surface area contributed by atoms with Crippen molar-refractivity contribution in [1.29, 1.82) is 0 Å². The SMILES string of the molecule is CNCCCN(C)c1cc(NCCOC)nc(C)n1. The summed E-state index contributed by atoms with van der Waals surface area (Å²) in [7, 11) is 5.71. The van der Waals surface area contributed by atoms with Gasteiger partial charge in [0, 0.05) is 33.3 Å². The fraction of sp³-hybridized carbons (Fsp3) is 0.692. The zero-order valence-corrected chi connectivity index (χ0v) is 12.4. The maximum Gasteiger partial charge on any atom is 0.134 e. The minimum atomic E-state index is 0.663. The number of methoxy groups -OCH3 is 1. The third kappa shape index (κ3) is 5.85. The second-order valence-electron chi connectivity index (χ2n) is 4.46. The molecule has 19 heavy (non-hydrogen) atoms. The lowest BCUT2D eigenvalue weighted by Crippen LogP contribution is -2.23. The van der Waals surface area contributed by atoms with Crippen LogP contribution in [-0.4, -0.2) is 57.4 Å². The van der Waals surface area contributed by atoms with E-state index in [2.05, 4.69) is 32.5 Å². The molecule has 6 heteroatoms. The molecular weight excluding hydrogens is 242 g/mol. The monoisotopic (exact) mass is 267 g/mol. The Bertz CT molecular complexity index is 372. The Morgan fingerprint density at radius 2 is 2.11 bits per heavy atom. The van der Waals surface area contributed by atoms with Crippen molar-refractivity contribution in [2.24, 2.45) is 0 Å². The van der Waals surface area contributed by atoms with Crippen LogP contribution in [0.15, 0.2) is 6.07 Å². The van der Waals surface area contributed by atoms with Gasteiger partial charge in [-0.2, -0.15) is 0 Å². The molecule has 0 aliphatic heterocycles. The third-order valence-corrected chi connectivity index (χ3v) is 2.75. The van der Waals surface area contributed by atoms with Crippen molar-refractivity contribution < 1.29 is 4.74 Å². The molecule has 0 aliphatic carbocycles. The van der Waals surface area contributed by atoms with Crippen LogP contribution in [0.2, 0.25) is 0 Å². The van der Waals surface area contributed by atoms with Gasteiger partial charge in [0.05, 0.1) is 6.61 Å². The minimum Gasteiger partial charge on any atom is -0.383 e. The van der Waals surface area contributed by atoms with Crippen LogP contribution in [0.4, 0.5) is 11.6 Å². The maximum absolute atomic E-state index is 5.01. The average molecular weight is 267 g/mol. The van der Waals surface area contributed by atoms with Crippen molar-refractivity contribution >= 4 is 11.6 Å². The average Bonchev–Trinajstić information content (AvgIpc) is 2.38. The molecule has 0 unspecified atom stereocenters. The van der Waals surface area contributed by atoms with E-state index in [4.69, 9.17) is 4.74 Å². The van der Waals surface area contributed by atoms with Crippen molar-refractivity contribution in [2.75, 3.05) is 57.7 Å². The molecule has 2 N–H and O–H groups in total. The molecule has 0 radical (unpaired) electrons. The molecular formula is C13H25N5O. The lowest BCUT2D eigenvalue weighted by Gasteiger charge is -2.19. The summed E-state index contributed by atoms with van der Waals surface area (Å²) in [4.78, 5) is 11.0. The number of hydrogen-bond donors (Lipinski definition) is 2. The van der Waals surface area contributed by atoms with E-state index in [9.17, 15) is 0 Å². The van der Waals surface area contributed by atoms with Crippen LogP contribution in [0, 0.1) is 6.92 Å². The molecule has 0 fully saturated rings. The number of nitrogens with zero attached hydrogens (tertiary/aromatic N) is 3. The standard InChI is InChI=1S/C13H25N5O/c1-11-16-12(15-7-9-19-4)10-13(17-11)18(3)8-5-6-14-2/h10,14H,5-9H2,1-4H3,(H,15,16,17). The summed E-state index contributed by atoms with van der Waals surface area (Å²) in [5.74, 6) is 2.57. The summed E-state index contributed by atoms with van der Waals surface area (Å²) in [6.07, 6.45) is 1.09. The van der Waals surface area contributed by atoms with Crippen molar-refractivity contribution in [3.8, 4) is 0 Å². The van der Waals surface area contributed by atoms with Crippen LogP contribution in [0.5, 0.6) is 0 Å². The molecule has 0 spiro atoms. The van der Waals surface area contributed by atoms with E-state index in [1.54, 1.807) is 7.11 Å². The van der Waals surface area contributed by atoms with E-state index in [0.717, 1.165) is 43.5 Å². The lowest BCUT2D eigenvalue weighted by molar-refractivity contribution is 0.210. The van der Waals surface area contributed by atoms with Crippen LogP contribution >= 0.6 is 0 Å². The molecule has 0 aromatic carbocycles. The summed E-state index contributed by atoms with van der Waals surface area (Å²) < 4.78 is 5.01. The molecule has 0 bridgehead atoms. The third-order valence-electron chi connectivity index (χ3n) is 2.75. The van der Waals surface area contributed by atoms with Crippen LogP contribution in [0.25, 0.3) is 0 Å². The number of hydrogen-bond acceptors (Lipinski definition) is 6. The van der Waals surface area contributed by atoms with E-state index in [1.807, 2.05) is 20.0 Å². The van der Waals surface area contributed by atoms with Crippen molar-refractivity contribution in [2.45, 2.75) is 13.3 Å². The summed E-state index contributed by atoms with van der Waals surface area (Å²) in [5, 5.41) is 6.38. The Balaban J connectivity index is 2.61.